The van der Waals surface area contributed by atoms with Crippen LogP contribution in [0.3, 0.4) is 0 Å². The van der Waals surface area contributed by atoms with Gasteiger partial charge in [0.1, 0.15) is 28.4 Å². The molecule has 0 unspecified atom stereocenters. The molecule has 10 nitrogen and oxygen atoms in total. The van der Waals surface area contributed by atoms with Crippen molar-refractivity contribution in [1.29, 1.82) is 0 Å². The first-order valence-electron chi connectivity index (χ1n) is 10.6. The molecule has 2 aromatic carbocycles. The number of H-pyrrole nitrogens is 1. The zero-order valence-electron chi connectivity index (χ0n) is 19.1. The van der Waals surface area contributed by atoms with Gasteiger partial charge >= 0.3 is 5.97 Å². The Bertz CT molecular complexity index is 1650. The Morgan fingerprint density at radius 1 is 1.14 bits per heavy atom. The van der Waals surface area contributed by atoms with E-state index in [2.05, 4.69) is 19.9 Å². The van der Waals surface area contributed by atoms with Crippen LogP contribution in [0, 0.1) is 6.92 Å². The molecule has 0 saturated heterocycles. The first-order chi connectivity index (χ1) is 17.0. The van der Waals surface area contributed by atoms with Gasteiger partial charge in [-0.25, -0.2) is 24.7 Å². The lowest BCUT2D eigenvalue weighted by atomic mass is 10.1. The number of aromatic nitrogens is 6. The fourth-order valence-corrected chi connectivity index (χ4v) is 4.76. The second-order valence-electron chi connectivity index (χ2n) is 7.58. The van der Waals surface area contributed by atoms with E-state index in [1.165, 1.54) is 36.9 Å². The van der Waals surface area contributed by atoms with Crippen LogP contribution in [0.4, 0.5) is 0 Å². The monoisotopic (exact) mass is 488 g/mol. The van der Waals surface area contributed by atoms with Crippen molar-refractivity contribution in [3.05, 3.63) is 76.4 Å². The number of esters is 1. The molecule has 0 bridgehead atoms. The second kappa shape index (κ2) is 9.18. The Hall–Kier alpha value is -4.25. The molecule has 0 aliphatic carbocycles. The third-order valence-corrected chi connectivity index (χ3v) is 6.53. The van der Waals surface area contributed by atoms with Gasteiger partial charge in [-0.15, -0.1) is 0 Å². The van der Waals surface area contributed by atoms with Crippen molar-refractivity contribution in [1.82, 2.24) is 29.5 Å². The number of hydrogen-bond acceptors (Lipinski definition) is 9. The molecule has 0 spiro atoms. The lowest BCUT2D eigenvalue weighted by Gasteiger charge is -2.17. The Kier molecular flexibility index (Phi) is 5.91. The average molecular weight is 489 g/mol. The summed E-state index contributed by atoms with van der Waals surface area (Å²) in [5.74, 6) is 0.657. The summed E-state index contributed by atoms with van der Waals surface area (Å²) >= 11 is 1.39. The van der Waals surface area contributed by atoms with Crippen LogP contribution in [0.1, 0.15) is 21.7 Å². The fraction of sp³-hybridized carbons (Fsp3) is 0.167. The molecule has 0 fully saturated rings. The first-order valence-corrected chi connectivity index (χ1v) is 11.5. The van der Waals surface area contributed by atoms with Crippen molar-refractivity contribution in [2.24, 2.45) is 0 Å². The first kappa shape index (κ1) is 22.5. The molecule has 5 aromatic rings. The number of ether oxygens (including phenoxy) is 2. The molecule has 3 heterocycles. The van der Waals surface area contributed by atoms with E-state index in [0.717, 1.165) is 5.56 Å². The van der Waals surface area contributed by atoms with Gasteiger partial charge < -0.3 is 14.5 Å². The third kappa shape index (κ3) is 3.99. The van der Waals surface area contributed by atoms with Gasteiger partial charge in [0, 0.05) is 0 Å². The highest BCUT2D eigenvalue weighted by molar-refractivity contribution is 7.98. The number of aryl methyl sites for hydroxylation is 1. The van der Waals surface area contributed by atoms with Crippen molar-refractivity contribution >= 4 is 39.8 Å². The summed E-state index contributed by atoms with van der Waals surface area (Å²) in [6.07, 6.45) is 3.00. The molecular formula is C24H20N6O4S. The summed E-state index contributed by atoms with van der Waals surface area (Å²) in [6, 6.07) is 10.3. The third-order valence-electron chi connectivity index (χ3n) is 5.54. The molecule has 0 atom stereocenters. The number of methoxy groups -OCH3 is 2. The van der Waals surface area contributed by atoms with E-state index in [1.54, 1.807) is 24.5 Å². The van der Waals surface area contributed by atoms with Crippen LogP contribution in [0.5, 0.6) is 5.75 Å². The van der Waals surface area contributed by atoms with Crippen molar-refractivity contribution in [2.75, 3.05) is 14.2 Å². The van der Waals surface area contributed by atoms with Gasteiger partial charge in [-0.1, -0.05) is 23.9 Å². The van der Waals surface area contributed by atoms with E-state index < -0.39 is 5.97 Å². The minimum absolute atomic E-state index is 0.265. The van der Waals surface area contributed by atoms with Gasteiger partial charge in [0.15, 0.2) is 5.65 Å². The lowest BCUT2D eigenvalue weighted by Crippen LogP contribution is -2.25. The predicted molar refractivity (Wildman–Crippen MR) is 131 cm³/mol. The number of carbonyl (C=O) groups excluding carboxylic acids is 1. The molecule has 1 N–H and O–H groups in total. The summed E-state index contributed by atoms with van der Waals surface area (Å²) in [5.41, 5.74) is 3.04. The van der Waals surface area contributed by atoms with Crippen LogP contribution in [-0.4, -0.2) is 49.7 Å². The number of carbonyl (C=O) groups is 1. The maximum atomic E-state index is 13.9. The van der Waals surface area contributed by atoms with Gasteiger partial charge in [0.2, 0.25) is 0 Å². The van der Waals surface area contributed by atoms with Crippen LogP contribution >= 0.6 is 11.8 Å². The summed E-state index contributed by atoms with van der Waals surface area (Å²) < 4.78 is 11.9. The lowest BCUT2D eigenvalue weighted by molar-refractivity contribution is 0.0600. The topological polar surface area (TPSA) is 125 Å². The Balaban J connectivity index is 1.72. The molecule has 0 radical (unpaired) electrons. The predicted octanol–water partition coefficient (Wildman–Crippen LogP) is 3.45. The quantitative estimate of drug-likeness (QED) is 0.217. The SMILES string of the molecule is COC(=O)c1ccc(OC)c(-n2c(CSc3ncnc4nc[nH]c34)nc3cccc(C)c3c2=O)c1. The highest BCUT2D eigenvalue weighted by Gasteiger charge is 2.20. The molecular weight excluding hydrogens is 468 g/mol. The molecule has 35 heavy (non-hydrogen) atoms. The molecule has 0 amide bonds. The minimum Gasteiger partial charge on any atom is -0.495 e. The number of aromatic amines is 1. The van der Waals surface area contributed by atoms with Gasteiger partial charge in [-0.3, -0.25) is 9.36 Å². The number of benzene rings is 2. The molecule has 0 aliphatic rings. The Morgan fingerprint density at radius 2 is 2.00 bits per heavy atom. The second-order valence-corrected chi connectivity index (χ2v) is 8.55. The van der Waals surface area contributed by atoms with E-state index in [-0.39, 0.29) is 11.1 Å². The number of hydrogen-bond donors (Lipinski definition) is 1. The molecule has 0 aliphatic heterocycles. The largest absolute Gasteiger partial charge is 0.495 e. The summed E-state index contributed by atoms with van der Waals surface area (Å²) in [7, 11) is 2.81. The van der Waals surface area contributed by atoms with Crippen LogP contribution in [0.15, 0.2) is 58.9 Å². The number of fused-ring (bicyclic) bond motifs is 2. The average Bonchev–Trinajstić information content (AvgIpc) is 3.36. The van der Waals surface area contributed by atoms with Gasteiger partial charge in [0.05, 0.1) is 48.5 Å². The van der Waals surface area contributed by atoms with Crippen molar-refractivity contribution in [2.45, 2.75) is 17.7 Å². The summed E-state index contributed by atoms with van der Waals surface area (Å²) in [4.78, 5) is 46.7. The molecule has 3 aromatic heterocycles. The number of nitrogens with zero attached hydrogens (tertiary/aromatic N) is 5. The maximum Gasteiger partial charge on any atom is 0.337 e. The molecule has 5 rings (SSSR count). The summed E-state index contributed by atoms with van der Waals surface area (Å²) in [6.45, 7) is 1.86. The van der Waals surface area contributed by atoms with E-state index in [9.17, 15) is 9.59 Å². The minimum atomic E-state index is -0.523. The zero-order chi connectivity index (χ0) is 24.5. The Labute approximate surface area is 203 Å². The fourth-order valence-electron chi connectivity index (χ4n) is 3.88. The highest BCUT2D eigenvalue weighted by Crippen LogP contribution is 2.29. The number of thioether (sulfide) groups is 1. The van der Waals surface area contributed by atoms with Crippen molar-refractivity contribution in [3.63, 3.8) is 0 Å². The van der Waals surface area contributed by atoms with E-state index in [4.69, 9.17) is 14.5 Å². The van der Waals surface area contributed by atoms with E-state index >= 15 is 0 Å². The number of imidazole rings is 1. The van der Waals surface area contributed by atoms with Gasteiger partial charge in [-0.2, -0.15) is 0 Å². The van der Waals surface area contributed by atoms with Gasteiger partial charge in [-0.05, 0) is 36.8 Å². The zero-order valence-corrected chi connectivity index (χ0v) is 19.9. The van der Waals surface area contributed by atoms with Crippen LogP contribution in [-0.2, 0) is 10.5 Å². The maximum absolute atomic E-state index is 13.9. The highest BCUT2D eigenvalue weighted by atomic mass is 32.2. The number of rotatable bonds is 6. The summed E-state index contributed by atoms with van der Waals surface area (Å²) in [5, 5.41) is 1.16. The normalized spacial score (nSPS) is 11.2. The van der Waals surface area contributed by atoms with Crippen LogP contribution in [0.2, 0.25) is 0 Å². The van der Waals surface area contributed by atoms with E-state index in [0.29, 0.717) is 50.1 Å². The smallest absolute Gasteiger partial charge is 0.337 e. The molecule has 176 valence electrons. The Morgan fingerprint density at radius 3 is 2.80 bits per heavy atom. The van der Waals surface area contributed by atoms with Crippen molar-refractivity contribution < 1.29 is 14.3 Å². The van der Waals surface area contributed by atoms with Crippen LogP contribution in [0.25, 0.3) is 27.8 Å². The van der Waals surface area contributed by atoms with E-state index in [1.807, 2.05) is 25.1 Å². The molecule has 11 heteroatoms. The standard InChI is InChI=1S/C24H20N6O4S/c1-13-5-4-6-15-19(13)23(31)30(16-9-14(24(32)34-3)7-8-17(16)33-2)18(29-15)10-35-22-20-21(26-11-25-20)27-12-28-22/h4-9,11-12H,10H2,1-3H3,(H,25,26,27,28). The number of nitrogens with one attached hydrogen (secondary N) is 1. The van der Waals surface area contributed by atoms with Gasteiger partial charge in [0.25, 0.3) is 5.56 Å². The molecule has 0 saturated carbocycles. The van der Waals surface area contributed by atoms with Crippen molar-refractivity contribution in [3.8, 4) is 11.4 Å². The van der Waals surface area contributed by atoms with Crippen LogP contribution < -0.4 is 10.3 Å².